The van der Waals surface area contributed by atoms with E-state index in [2.05, 4.69) is 10.3 Å². The van der Waals surface area contributed by atoms with Gasteiger partial charge in [-0.05, 0) is 61.9 Å². The molecule has 1 heterocycles. The van der Waals surface area contributed by atoms with Crippen molar-refractivity contribution in [2.45, 2.75) is 31.9 Å². The van der Waals surface area contributed by atoms with Crippen molar-refractivity contribution in [3.63, 3.8) is 0 Å². The maximum absolute atomic E-state index is 12.8. The molecular formula is C23H27N3O4S. The number of rotatable bonds is 9. The van der Waals surface area contributed by atoms with Crippen LogP contribution in [0.2, 0.25) is 0 Å². The van der Waals surface area contributed by atoms with E-state index in [4.69, 9.17) is 9.47 Å². The van der Waals surface area contributed by atoms with Crippen LogP contribution in [0.3, 0.4) is 0 Å². The lowest BCUT2D eigenvalue weighted by atomic mass is 10.2. The second-order valence-electron chi connectivity index (χ2n) is 6.91. The maximum Gasteiger partial charge on any atom is 0.242 e. The lowest BCUT2D eigenvalue weighted by molar-refractivity contribution is -0.128. The Kier molecular flexibility index (Phi) is 7.94. The van der Waals surface area contributed by atoms with Crippen LogP contribution in [0.1, 0.15) is 26.7 Å². The van der Waals surface area contributed by atoms with Crippen LogP contribution in [-0.4, -0.2) is 47.4 Å². The second kappa shape index (κ2) is 10.9. The van der Waals surface area contributed by atoms with Gasteiger partial charge in [0.2, 0.25) is 11.8 Å². The first-order valence-corrected chi connectivity index (χ1v) is 11.2. The highest BCUT2D eigenvalue weighted by atomic mass is 32.2. The predicted molar refractivity (Wildman–Crippen MR) is 124 cm³/mol. The largest absolute Gasteiger partial charge is 0.497 e. The first kappa shape index (κ1) is 22.7. The van der Waals surface area contributed by atoms with E-state index in [1.165, 1.54) is 11.8 Å². The molecule has 0 unspecified atom stereocenters. The minimum absolute atomic E-state index is 0.0791. The van der Waals surface area contributed by atoms with Gasteiger partial charge < -0.3 is 14.8 Å². The Morgan fingerprint density at radius 2 is 1.77 bits per heavy atom. The summed E-state index contributed by atoms with van der Waals surface area (Å²) in [6.45, 7) is 5.09. The van der Waals surface area contributed by atoms with Gasteiger partial charge in [0.05, 0.1) is 19.4 Å². The van der Waals surface area contributed by atoms with Crippen molar-refractivity contribution >= 4 is 40.1 Å². The highest BCUT2D eigenvalue weighted by Crippen LogP contribution is 2.32. The van der Waals surface area contributed by atoms with E-state index in [9.17, 15) is 9.59 Å². The molecule has 0 aromatic heterocycles. The Morgan fingerprint density at radius 3 is 2.39 bits per heavy atom. The smallest absolute Gasteiger partial charge is 0.242 e. The SMILES string of the molecule is CCCOc1ccc(NC(=O)C[C@H]2SC(=Nc3ccc(OC)cc3)N(CC)C2=O)cc1. The molecule has 1 aliphatic heterocycles. The number of methoxy groups -OCH3 is 1. The average molecular weight is 442 g/mol. The minimum Gasteiger partial charge on any atom is -0.497 e. The molecule has 1 fully saturated rings. The van der Waals surface area contributed by atoms with Gasteiger partial charge in [0.25, 0.3) is 0 Å². The van der Waals surface area contributed by atoms with E-state index in [0.29, 0.717) is 24.0 Å². The van der Waals surface area contributed by atoms with Gasteiger partial charge in [-0.3, -0.25) is 14.5 Å². The third-order valence-corrected chi connectivity index (χ3v) is 5.79. The van der Waals surface area contributed by atoms with E-state index in [0.717, 1.165) is 23.6 Å². The van der Waals surface area contributed by atoms with Crippen molar-refractivity contribution < 1.29 is 19.1 Å². The van der Waals surface area contributed by atoms with Crippen molar-refractivity contribution in [1.82, 2.24) is 4.90 Å². The Labute approximate surface area is 186 Å². The standard InChI is InChI=1S/C23H27N3O4S/c1-4-14-30-19-12-8-16(9-13-19)24-21(27)15-20-22(28)26(5-2)23(31-20)25-17-6-10-18(29-3)11-7-17/h6-13,20H,4-5,14-15H2,1-3H3,(H,24,27)/t20-/m1/s1. The van der Waals surface area contributed by atoms with E-state index in [1.807, 2.05) is 50.2 Å². The fourth-order valence-corrected chi connectivity index (χ4v) is 4.24. The molecule has 164 valence electrons. The molecule has 0 saturated carbocycles. The third-order valence-electron chi connectivity index (χ3n) is 4.62. The first-order chi connectivity index (χ1) is 15.0. The van der Waals surface area contributed by atoms with Crippen LogP contribution in [0.5, 0.6) is 11.5 Å². The van der Waals surface area contributed by atoms with Crippen molar-refractivity contribution in [3.8, 4) is 11.5 Å². The maximum atomic E-state index is 12.8. The van der Waals surface area contributed by atoms with E-state index >= 15 is 0 Å². The number of amides is 2. The van der Waals surface area contributed by atoms with Gasteiger partial charge >= 0.3 is 0 Å². The Morgan fingerprint density at radius 1 is 1.10 bits per heavy atom. The molecule has 2 amide bonds. The van der Waals surface area contributed by atoms with Crippen molar-refractivity contribution in [1.29, 1.82) is 0 Å². The van der Waals surface area contributed by atoms with Crippen LogP contribution in [0, 0.1) is 0 Å². The second-order valence-corrected chi connectivity index (χ2v) is 8.08. The molecule has 1 aliphatic rings. The van der Waals surface area contributed by atoms with Gasteiger partial charge in [-0.2, -0.15) is 0 Å². The fourth-order valence-electron chi connectivity index (χ4n) is 3.02. The van der Waals surface area contributed by atoms with Crippen LogP contribution < -0.4 is 14.8 Å². The van der Waals surface area contributed by atoms with Crippen LogP contribution in [-0.2, 0) is 9.59 Å². The number of ether oxygens (including phenoxy) is 2. The van der Waals surface area contributed by atoms with E-state index in [1.54, 1.807) is 24.1 Å². The summed E-state index contributed by atoms with van der Waals surface area (Å²) >= 11 is 1.32. The number of hydrogen-bond donors (Lipinski definition) is 1. The van der Waals surface area contributed by atoms with Crippen molar-refractivity contribution in [3.05, 3.63) is 48.5 Å². The van der Waals surface area contributed by atoms with Crippen molar-refractivity contribution in [2.75, 3.05) is 25.6 Å². The zero-order valence-electron chi connectivity index (χ0n) is 18.0. The lowest BCUT2D eigenvalue weighted by Gasteiger charge is -2.13. The number of anilines is 1. The zero-order valence-corrected chi connectivity index (χ0v) is 18.8. The number of benzene rings is 2. The number of carbonyl (C=O) groups excluding carboxylic acids is 2. The minimum atomic E-state index is -0.496. The quantitative estimate of drug-likeness (QED) is 0.621. The Bertz CT molecular complexity index is 929. The molecular weight excluding hydrogens is 414 g/mol. The summed E-state index contributed by atoms with van der Waals surface area (Å²) in [5.41, 5.74) is 1.40. The highest BCUT2D eigenvalue weighted by molar-refractivity contribution is 8.15. The summed E-state index contributed by atoms with van der Waals surface area (Å²) in [5.74, 6) is 1.19. The van der Waals surface area contributed by atoms with Gasteiger partial charge in [-0.25, -0.2) is 4.99 Å². The molecule has 1 N–H and O–H groups in total. The predicted octanol–water partition coefficient (Wildman–Crippen LogP) is 4.46. The molecule has 2 aromatic carbocycles. The molecule has 2 aromatic rings. The number of nitrogens with one attached hydrogen (secondary N) is 1. The molecule has 0 radical (unpaired) electrons. The summed E-state index contributed by atoms with van der Waals surface area (Å²) in [6.07, 6.45) is 1.01. The summed E-state index contributed by atoms with van der Waals surface area (Å²) in [7, 11) is 1.61. The van der Waals surface area contributed by atoms with Crippen LogP contribution in [0.15, 0.2) is 53.5 Å². The van der Waals surface area contributed by atoms with Crippen LogP contribution in [0.25, 0.3) is 0 Å². The molecule has 8 heteroatoms. The summed E-state index contributed by atoms with van der Waals surface area (Å²) in [6, 6.07) is 14.5. The average Bonchev–Trinajstić information content (AvgIpc) is 3.07. The van der Waals surface area contributed by atoms with E-state index in [-0.39, 0.29) is 18.2 Å². The highest BCUT2D eigenvalue weighted by Gasteiger charge is 2.38. The number of nitrogens with zero attached hydrogens (tertiary/aromatic N) is 2. The first-order valence-electron chi connectivity index (χ1n) is 10.3. The Balaban J connectivity index is 1.62. The fraction of sp³-hybridized carbons (Fsp3) is 0.348. The number of carbonyl (C=O) groups is 2. The Hall–Kier alpha value is -3.00. The molecule has 0 aliphatic carbocycles. The van der Waals surface area contributed by atoms with Gasteiger partial charge in [0, 0.05) is 18.7 Å². The number of amidine groups is 1. The molecule has 7 nitrogen and oxygen atoms in total. The lowest BCUT2D eigenvalue weighted by Crippen LogP contribution is -2.33. The summed E-state index contributed by atoms with van der Waals surface area (Å²) < 4.78 is 10.7. The normalized spacial score (nSPS) is 17.1. The molecule has 0 spiro atoms. The molecule has 31 heavy (non-hydrogen) atoms. The van der Waals surface area contributed by atoms with Crippen LogP contribution >= 0.6 is 11.8 Å². The number of aliphatic imine (C=N–C) groups is 1. The molecule has 3 rings (SSSR count). The molecule has 0 bridgehead atoms. The van der Waals surface area contributed by atoms with Crippen LogP contribution in [0.4, 0.5) is 11.4 Å². The summed E-state index contributed by atoms with van der Waals surface area (Å²) in [4.78, 5) is 31.5. The van der Waals surface area contributed by atoms with Gasteiger partial charge in [0.15, 0.2) is 5.17 Å². The zero-order chi connectivity index (χ0) is 22.2. The van der Waals surface area contributed by atoms with E-state index < -0.39 is 5.25 Å². The summed E-state index contributed by atoms with van der Waals surface area (Å²) in [5, 5.41) is 2.96. The third kappa shape index (κ3) is 6.01. The number of thioether (sulfide) groups is 1. The number of hydrogen-bond acceptors (Lipinski definition) is 6. The van der Waals surface area contributed by atoms with Crippen molar-refractivity contribution in [2.24, 2.45) is 4.99 Å². The molecule has 1 atom stereocenters. The monoisotopic (exact) mass is 441 g/mol. The molecule has 1 saturated heterocycles. The van der Waals surface area contributed by atoms with Gasteiger partial charge in [-0.15, -0.1) is 0 Å². The van der Waals surface area contributed by atoms with Gasteiger partial charge in [-0.1, -0.05) is 18.7 Å². The van der Waals surface area contributed by atoms with Gasteiger partial charge in [0.1, 0.15) is 16.7 Å². The topological polar surface area (TPSA) is 80.2 Å².